The van der Waals surface area contributed by atoms with Crippen LogP contribution in [0.2, 0.25) is 0 Å². The molecule has 2 rings (SSSR count). The van der Waals surface area contributed by atoms with Crippen molar-refractivity contribution in [1.29, 1.82) is 0 Å². The fourth-order valence-corrected chi connectivity index (χ4v) is 3.67. The van der Waals surface area contributed by atoms with Crippen LogP contribution in [0.25, 0.3) is 0 Å². The van der Waals surface area contributed by atoms with Gasteiger partial charge in [0, 0.05) is 12.6 Å². The molecule has 0 aromatic carbocycles. The van der Waals surface area contributed by atoms with Crippen molar-refractivity contribution in [2.24, 2.45) is 11.7 Å². The highest BCUT2D eigenvalue weighted by Crippen LogP contribution is 2.23. The lowest BCUT2D eigenvalue weighted by Gasteiger charge is -2.38. The monoisotopic (exact) mass is 253 g/mol. The summed E-state index contributed by atoms with van der Waals surface area (Å²) in [6.45, 7) is 9.81. The van der Waals surface area contributed by atoms with Crippen LogP contribution in [0.5, 0.6) is 0 Å². The lowest BCUT2D eigenvalue weighted by molar-refractivity contribution is 0.109. The van der Waals surface area contributed by atoms with Crippen LogP contribution in [-0.4, -0.2) is 55.1 Å². The van der Waals surface area contributed by atoms with E-state index < -0.39 is 0 Å². The fraction of sp³-hybridized carbons (Fsp3) is 1.00. The van der Waals surface area contributed by atoms with Gasteiger partial charge in [-0.1, -0.05) is 6.92 Å². The maximum atomic E-state index is 5.71. The predicted molar refractivity (Wildman–Crippen MR) is 77.7 cm³/mol. The fourth-order valence-electron chi connectivity index (χ4n) is 3.67. The van der Waals surface area contributed by atoms with Gasteiger partial charge < -0.3 is 15.5 Å². The lowest BCUT2D eigenvalue weighted by atomic mass is 9.94. The van der Waals surface area contributed by atoms with Crippen molar-refractivity contribution in [1.82, 2.24) is 9.80 Å². The van der Waals surface area contributed by atoms with E-state index in [1.165, 1.54) is 71.2 Å². The Morgan fingerprint density at radius 1 is 1.11 bits per heavy atom. The molecule has 0 amide bonds. The van der Waals surface area contributed by atoms with E-state index in [9.17, 15) is 0 Å². The van der Waals surface area contributed by atoms with Crippen molar-refractivity contribution in [2.45, 2.75) is 51.5 Å². The minimum atomic E-state index is 0.739. The van der Waals surface area contributed by atoms with Gasteiger partial charge in [-0.15, -0.1) is 0 Å². The molecule has 0 bridgehead atoms. The van der Waals surface area contributed by atoms with E-state index in [-0.39, 0.29) is 0 Å². The Bertz CT molecular complexity index is 218. The molecule has 2 fully saturated rings. The second kappa shape index (κ2) is 7.46. The van der Waals surface area contributed by atoms with E-state index in [1.54, 1.807) is 0 Å². The van der Waals surface area contributed by atoms with Crippen LogP contribution in [0.15, 0.2) is 0 Å². The minimum absolute atomic E-state index is 0.739. The summed E-state index contributed by atoms with van der Waals surface area (Å²) in [4.78, 5) is 5.37. The van der Waals surface area contributed by atoms with Crippen LogP contribution in [0, 0.1) is 5.92 Å². The molecule has 3 nitrogen and oxygen atoms in total. The molecule has 2 heterocycles. The number of hydrogen-bond donors (Lipinski definition) is 1. The number of nitrogens with two attached hydrogens (primary N) is 1. The van der Waals surface area contributed by atoms with Crippen LogP contribution in [0.3, 0.4) is 0 Å². The van der Waals surface area contributed by atoms with Crippen molar-refractivity contribution in [3.05, 3.63) is 0 Å². The zero-order valence-corrected chi connectivity index (χ0v) is 12.1. The first kappa shape index (κ1) is 14.3. The summed E-state index contributed by atoms with van der Waals surface area (Å²) in [5.74, 6) is 0.953. The molecular formula is C15H31N3. The normalized spacial score (nSPS) is 25.7. The molecule has 2 N–H and O–H groups in total. The summed E-state index contributed by atoms with van der Waals surface area (Å²) in [6.07, 6.45) is 8.08. The lowest BCUT2D eigenvalue weighted by Crippen LogP contribution is -2.44. The van der Waals surface area contributed by atoms with Crippen LogP contribution < -0.4 is 5.73 Å². The van der Waals surface area contributed by atoms with Gasteiger partial charge in [-0.05, 0) is 77.2 Å². The Morgan fingerprint density at radius 3 is 2.33 bits per heavy atom. The van der Waals surface area contributed by atoms with Crippen molar-refractivity contribution < 1.29 is 0 Å². The number of likely N-dealkylation sites (tertiary alicyclic amines) is 2. The third kappa shape index (κ3) is 3.94. The molecule has 0 aromatic heterocycles. The van der Waals surface area contributed by atoms with E-state index >= 15 is 0 Å². The summed E-state index contributed by atoms with van der Waals surface area (Å²) < 4.78 is 0. The van der Waals surface area contributed by atoms with E-state index in [4.69, 9.17) is 5.73 Å². The maximum Gasteiger partial charge on any atom is 0.0105 e. The number of hydrogen-bond acceptors (Lipinski definition) is 3. The molecule has 2 aliphatic heterocycles. The molecule has 3 heteroatoms. The molecule has 1 unspecified atom stereocenters. The highest BCUT2D eigenvalue weighted by Gasteiger charge is 2.25. The molecular weight excluding hydrogens is 222 g/mol. The number of piperidine rings is 1. The first-order chi connectivity index (χ1) is 8.83. The Hall–Kier alpha value is -0.120. The van der Waals surface area contributed by atoms with E-state index in [0.29, 0.717) is 0 Å². The Morgan fingerprint density at radius 2 is 1.78 bits per heavy atom. The molecule has 0 radical (unpaired) electrons. The summed E-state index contributed by atoms with van der Waals surface area (Å²) in [5, 5.41) is 0. The maximum absolute atomic E-state index is 5.71. The van der Waals surface area contributed by atoms with Gasteiger partial charge in [0.2, 0.25) is 0 Å². The molecule has 2 saturated heterocycles. The van der Waals surface area contributed by atoms with E-state index in [1.807, 2.05) is 0 Å². The summed E-state index contributed by atoms with van der Waals surface area (Å²) >= 11 is 0. The van der Waals surface area contributed by atoms with Crippen LogP contribution in [0.4, 0.5) is 0 Å². The Kier molecular flexibility index (Phi) is 5.93. The second-order valence-electron chi connectivity index (χ2n) is 6.13. The van der Waals surface area contributed by atoms with Gasteiger partial charge in [-0.25, -0.2) is 0 Å². The van der Waals surface area contributed by atoms with E-state index in [2.05, 4.69) is 16.7 Å². The van der Waals surface area contributed by atoms with Crippen molar-refractivity contribution >= 4 is 0 Å². The third-order valence-corrected chi connectivity index (χ3v) is 4.85. The quantitative estimate of drug-likeness (QED) is 0.785. The highest BCUT2D eigenvalue weighted by molar-refractivity contribution is 4.80. The molecule has 18 heavy (non-hydrogen) atoms. The number of nitrogens with zero attached hydrogens (tertiary/aromatic N) is 2. The third-order valence-electron chi connectivity index (χ3n) is 4.85. The average Bonchev–Trinajstić information content (AvgIpc) is 2.90. The summed E-state index contributed by atoms with van der Waals surface area (Å²) in [6, 6.07) is 0.739. The first-order valence-corrected chi connectivity index (χ1v) is 8.00. The molecule has 106 valence electrons. The van der Waals surface area contributed by atoms with Gasteiger partial charge in [-0.2, -0.15) is 0 Å². The first-order valence-electron chi connectivity index (χ1n) is 8.00. The molecule has 0 aromatic rings. The zero-order valence-electron chi connectivity index (χ0n) is 12.1. The largest absolute Gasteiger partial charge is 0.330 e. The Balaban J connectivity index is 1.69. The van der Waals surface area contributed by atoms with Crippen molar-refractivity contribution in [3.63, 3.8) is 0 Å². The molecule has 0 aliphatic carbocycles. The SMILES string of the molecule is CCC(CCN)N1CCC(CN2CCCC2)CC1. The molecule has 1 atom stereocenters. The van der Waals surface area contributed by atoms with Gasteiger partial charge in [-0.3, -0.25) is 0 Å². The van der Waals surface area contributed by atoms with Gasteiger partial charge in [0.1, 0.15) is 0 Å². The summed E-state index contributed by atoms with van der Waals surface area (Å²) in [7, 11) is 0. The predicted octanol–water partition coefficient (Wildman–Crippen LogP) is 1.92. The molecule has 0 spiro atoms. The average molecular weight is 253 g/mol. The minimum Gasteiger partial charge on any atom is -0.330 e. The smallest absolute Gasteiger partial charge is 0.0105 e. The van der Waals surface area contributed by atoms with Gasteiger partial charge in [0.15, 0.2) is 0 Å². The number of rotatable bonds is 6. The Labute approximate surface area is 113 Å². The van der Waals surface area contributed by atoms with Crippen molar-refractivity contribution in [2.75, 3.05) is 39.3 Å². The van der Waals surface area contributed by atoms with Crippen molar-refractivity contribution in [3.8, 4) is 0 Å². The zero-order chi connectivity index (χ0) is 12.8. The molecule has 0 saturated carbocycles. The standard InChI is InChI=1S/C15H31N3/c1-2-15(5-8-16)18-11-6-14(7-12-18)13-17-9-3-4-10-17/h14-15H,2-13,16H2,1H3. The summed E-state index contributed by atoms with van der Waals surface area (Å²) in [5.41, 5.74) is 5.71. The second-order valence-corrected chi connectivity index (χ2v) is 6.13. The van der Waals surface area contributed by atoms with Crippen LogP contribution in [0.1, 0.15) is 45.4 Å². The highest BCUT2D eigenvalue weighted by atomic mass is 15.2. The van der Waals surface area contributed by atoms with Crippen LogP contribution >= 0.6 is 0 Å². The van der Waals surface area contributed by atoms with Gasteiger partial charge >= 0.3 is 0 Å². The molecule has 2 aliphatic rings. The topological polar surface area (TPSA) is 32.5 Å². The van der Waals surface area contributed by atoms with Gasteiger partial charge in [0.25, 0.3) is 0 Å². The van der Waals surface area contributed by atoms with E-state index in [0.717, 1.165) is 18.5 Å². The van der Waals surface area contributed by atoms with Crippen LogP contribution in [-0.2, 0) is 0 Å². The van der Waals surface area contributed by atoms with Gasteiger partial charge in [0.05, 0.1) is 0 Å².